The molecule has 0 unspecified atom stereocenters. The Bertz CT molecular complexity index is 217. The highest BCUT2D eigenvalue weighted by molar-refractivity contribution is 5.17. The summed E-state index contributed by atoms with van der Waals surface area (Å²) in [7, 11) is 1.81. The van der Waals surface area contributed by atoms with Gasteiger partial charge in [0.15, 0.2) is 0 Å². The summed E-state index contributed by atoms with van der Waals surface area (Å²) in [6.45, 7) is 3.76. The Balaban J connectivity index is 3.01. The van der Waals surface area contributed by atoms with Gasteiger partial charge in [-0.3, -0.25) is 4.68 Å². The van der Waals surface area contributed by atoms with Crippen molar-refractivity contribution in [1.29, 1.82) is 0 Å². The molecule has 0 saturated heterocycles. The Hall–Kier alpha value is -0.830. The molecule has 1 aromatic rings. The minimum atomic E-state index is 0.0430. The van der Waals surface area contributed by atoms with Crippen molar-refractivity contribution in [1.82, 2.24) is 9.78 Å². The standard InChI is InChI=1S/C7H11N2O/c1-3-6-4-8-9(2)7(6)5-10/h4,10H,1,3,5H2,2H3. The molecule has 0 aliphatic rings. The third kappa shape index (κ3) is 1.04. The fraction of sp³-hybridized carbons (Fsp3) is 0.429. The summed E-state index contributed by atoms with van der Waals surface area (Å²) in [6.07, 6.45) is 2.42. The van der Waals surface area contributed by atoms with Gasteiger partial charge in [-0.1, -0.05) is 0 Å². The topological polar surface area (TPSA) is 38.0 Å². The van der Waals surface area contributed by atoms with E-state index in [9.17, 15) is 0 Å². The van der Waals surface area contributed by atoms with Crippen molar-refractivity contribution < 1.29 is 5.11 Å². The Kier molecular flexibility index (Phi) is 2.06. The second-order valence-corrected chi connectivity index (χ2v) is 2.15. The summed E-state index contributed by atoms with van der Waals surface area (Å²) in [5, 5.41) is 12.8. The van der Waals surface area contributed by atoms with Crippen LogP contribution in [0.25, 0.3) is 0 Å². The van der Waals surface area contributed by atoms with Crippen LogP contribution < -0.4 is 0 Å². The minimum absolute atomic E-state index is 0.0430. The van der Waals surface area contributed by atoms with Crippen molar-refractivity contribution in [2.45, 2.75) is 13.0 Å². The molecule has 0 bridgehead atoms. The van der Waals surface area contributed by atoms with Crippen LogP contribution in [0.4, 0.5) is 0 Å². The Labute approximate surface area is 60.3 Å². The van der Waals surface area contributed by atoms with E-state index in [1.54, 1.807) is 10.9 Å². The molecule has 0 aliphatic heterocycles. The number of rotatable bonds is 2. The third-order valence-electron chi connectivity index (χ3n) is 1.57. The average Bonchev–Trinajstić information content (AvgIpc) is 2.30. The number of hydrogen-bond acceptors (Lipinski definition) is 2. The van der Waals surface area contributed by atoms with Crippen molar-refractivity contribution in [3.63, 3.8) is 0 Å². The van der Waals surface area contributed by atoms with E-state index in [4.69, 9.17) is 5.11 Å². The first kappa shape index (κ1) is 7.28. The Morgan fingerprint density at radius 1 is 1.80 bits per heavy atom. The van der Waals surface area contributed by atoms with Gasteiger partial charge in [0.2, 0.25) is 0 Å². The molecule has 1 N–H and O–H groups in total. The van der Waals surface area contributed by atoms with E-state index in [1.165, 1.54) is 0 Å². The van der Waals surface area contributed by atoms with Crippen LogP contribution in [0.3, 0.4) is 0 Å². The van der Waals surface area contributed by atoms with Crippen molar-refractivity contribution in [3.05, 3.63) is 24.4 Å². The lowest BCUT2D eigenvalue weighted by molar-refractivity contribution is 0.269. The quantitative estimate of drug-likeness (QED) is 0.639. The summed E-state index contributed by atoms with van der Waals surface area (Å²) in [5.41, 5.74) is 1.88. The Morgan fingerprint density at radius 2 is 2.50 bits per heavy atom. The fourth-order valence-corrected chi connectivity index (χ4v) is 0.921. The predicted octanol–water partition coefficient (Wildman–Crippen LogP) is 0.289. The molecule has 0 aromatic carbocycles. The van der Waals surface area contributed by atoms with E-state index in [2.05, 4.69) is 12.0 Å². The molecule has 10 heavy (non-hydrogen) atoms. The first-order valence-corrected chi connectivity index (χ1v) is 3.19. The molecule has 55 valence electrons. The average molecular weight is 139 g/mol. The molecule has 0 amide bonds. The van der Waals surface area contributed by atoms with Crippen LogP contribution in [0.5, 0.6) is 0 Å². The number of aromatic nitrogens is 2. The van der Waals surface area contributed by atoms with E-state index in [-0.39, 0.29) is 6.61 Å². The third-order valence-corrected chi connectivity index (χ3v) is 1.57. The second-order valence-electron chi connectivity index (χ2n) is 2.15. The van der Waals surface area contributed by atoms with E-state index in [1.807, 2.05) is 7.05 Å². The lowest BCUT2D eigenvalue weighted by Gasteiger charge is -1.98. The van der Waals surface area contributed by atoms with Gasteiger partial charge in [-0.2, -0.15) is 5.10 Å². The summed E-state index contributed by atoms with van der Waals surface area (Å²) in [6, 6.07) is 0. The molecule has 0 atom stereocenters. The largest absolute Gasteiger partial charge is 0.390 e. The van der Waals surface area contributed by atoms with E-state index in [0.29, 0.717) is 6.42 Å². The molecule has 1 aromatic heterocycles. The summed E-state index contributed by atoms with van der Waals surface area (Å²) in [5.74, 6) is 0. The molecule has 0 fully saturated rings. The van der Waals surface area contributed by atoms with Crippen molar-refractivity contribution in [2.24, 2.45) is 7.05 Å². The summed E-state index contributed by atoms with van der Waals surface area (Å²) in [4.78, 5) is 0. The molecule has 1 rings (SSSR count). The maximum atomic E-state index is 8.83. The molecule has 0 saturated carbocycles. The monoisotopic (exact) mass is 139 g/mol. The van der Waals surface area contributed by atoms with Crippen LogP contribution in [0.15, 0.2) is 6.20 Å². The van der Waals surface area contributed by atoms with Gasteiger partial charge in [-0.25, -0.2) is 0 Å². The zero-order chi connectivity index (χ0) is 7.56. The number of nitrogens with zero attached hydrogens (tertiary/aromatic N) is 2. The van der Waals surface area contributed by atoms with Gasteiger partial charge in [0.25, 0.3) is 0 Å². The van der Waals surface area contributed by atoms with Crippen molar-refractivity contribution in [2.75, 3.05) is 0 Å². The number of aliphatic hydroxyl groups excluding tert-OH is 1. The highest BCUT2D eigenvalue weighted by atomic mass is 16.3. The highest BCUT2D eigenvalue weighted by Gasteiger charge is 2.03. The van der Waals surface area contributed by atoms with Gasteiger partial charge in [-0.05, 0) is 18.9 Å². The molecule has 3 heteroatoms. The summed E-state index contributed by atoms with van der Waals surface area (Å²) < 4.78 is 1.67. The van der Waals surface area contributed by atoms with E-state index in [0.717, 1.165) is 11.3 Å². The molecule has 0 spiro atoms. The smallest absolute Gasteiger partial charge is 0.0852 e. The minimum Gasteiger partial charge on any atom is -0.390 e. The SMILES string of the molecule is [CH2]Cc1cnn(C)c1CO. The number of hydrogen-bond donors (Lipinski definition) is 1. The van der Waals surface area contributed by atoms with Gasteiger partial charge in [0.05, 0.1) is 18.5 Å². The van der Waals surface area contributed by atoms with Crippen molar-refractivity contribution in [3.8, 4) is 0 Å². The number of aliphatic hydroxyl groups is 1. The summed E-state index contributed by atoms with van der Waals surface area (Å²) >= 11 is 0. The number of aryl methyl sites for hydroxylation is 1. The van der Waals surface area contributed by atoms with Crippen LogP contribution in [-0.4, -0.2) is 14.9 Å². The normalized spacial score (nSPS) is 10.3. The molecule has 1 heterocycles. The lowest BCUT2D eigenvalue weighted by Crippen LogP contribution is -1.99. The van der Waals surface area contributed by atoms with Gasteiger partial charge in [0.1, 0.15) is 0 Å². The molecular formula is C7H11N2O. The zero-order valence-electron chi connectivity index (χ0n) is 6.04. The van der Waals surface area contributed by atoms with Crippen LogP contribution in [0.2, 0.25) is 0 Å². The maximum absolute atomic E-state index is 8.83. The molecule has 3 nitrogen and oxygen atoms in total. The first-order chi connectivity index (χ1) is 4.79. The van der Waals surface area contributed by atoms with E-state index < -0.39 is 0 Å². The fourth-order valence-electron chi connectivity index (χ4n) is 0.921. The highest BCUT2D eigenvalue weighted by Crippen LogP contribution is 2.06. The van der Waals surface area contributed by atoms with E-state index >= 15 is 0 Å². The second kappa shape index (κ2) is 2.84. The van der Waals surface area contributed by atoms with Crippen LogP contribution in [0, 0.1) is 6.92 Å². The van der Waals surface area contributed by atoms with Gasteiger partial charge in [0, 0.05) is 7.05 Å². The predicted molar refractivity (Wildman–Crippen MR) is 38.2 cm³/mol. The molecular weight excluding hydrogens is 128 g/mol. The van der Waals surface area contributed by atoms with Crippen LogP contribution in [0.1, 0.15) is 11.3 Å². The van der Waals surface area contributed by atoms with Crippen LogP contribution >= 0.6 is 0 Å². The zero-order valence-corrected chi connectivity index (χ0v) is 6.04. The van der Waals surface area contributed by atoms with Crippen molar-refractivity contribution >= 4 is 0 Å². The van der Waals surface area contributed by atoms with Crippen LogP contribution in [-0.2, 0) is 20.1 Å². The lowest BCUT2D eigenvalue weighted by atomic mass is 10.2. The first-order valence-electron chi connectivity index (χ1n) is 3.19. The van der Waals surface area contributed by atoms with Gasteiger partial charge < -0.3 is 5.11 Å². The van der Waals surface area contributed by atoms with Gasteiger partial charge in [-0.15, -0.1) is 0 Å². The van der Waals surface area contributed by atoms with Gasteiger partial charge >= 0.3 is 0 Å². The Morgan fingerprint density at radius 3 is 2.90 bits per heavy atom. The molecule has 0 aliphatic carbocycles. The maximum Gasteiger partial charge on any atom is 0.0852 e. The molecule has 1 radical (unpaired) electrons.